The van der Waals surface area contributed by atoms with E-state index in [0.29, 0.717) is 36.6 Å². The zero-order valence-corrected chi connectivity index (χ0v) is 15.3. The number of nitriles is 1. The summed E-state index contributed by atoms with van der Waals surface area (Å²) >= 11 is 0. The molecule has 2 aromatic carbocycles. The Bertz CT molecular complexity index is 872. The fourth-order valence-corrected chi connectivity index (χ4v) is 2.89. The van der Waals surface area contributed by atoms with Gasteiger partial charge in [-0.25, -0.2) is 5.01 Å². The van der Waals surface area contributed by atoms with E-state index in [1.807, 2.05) is 13.8 Å². The molecule has 0 spiro atoms. The highest BCUT2D eigenvalue weighted by Crippen LogP contribution is 2.38. The van der Waals surface area contributed by atoms with Crippen molar-refractivity contribution in [2.45, 2.75) is 32.2 Å². The van der Waals surface area contributed by atoms with Gasteiger partial charge in [0.25, 0.3) is 0 Å². The summed E-state index contributed by atoms with van der Waals surface area (Å²) in [6.07, 6.45) is 0.676. The Balaban J connectivity index is 1.57. The molecule has 1 heterocycles. The lowest BCUT2D eigenvalue weighted by molar-refractivity contribution is 0.300. The average molecular weight is 366 g/mol. The van der Waals surface area contributed by atoms with Crippen LogP contribution in [-0.2, 0) is 0 Å². The minimum Gasteiger partial charge on any atom is -0.508 e. The first-order chi connectivity index (χ1) is 13.0. The van der Waals surface area contributed by atoms with Crippen LogP contribution in [0.25, 0.3) is 0 Å². The van der Waals surface area contributed by atoms with E-state index in [-0.39, 0.29) is 23.5 Å². The molecule has 27 heavy (non-hydrogen) atoms. The highest BCUT2D eigenvalue weighted by Gasteiger charge is 2.24. The summed E-state index contributed by atoms with van der Waals surface area (Å²) < 4.78 is 5.69. The fraction of sp³-hybridized carbons (Fsp3) is 0.350. The Labute approximate surface area is 158 Å². The zero-order chi connectivity index (χ0) is 19.4. The summed E-state index contributed by atoms with van der Waals surface area (Å²) in [4.78, 5) is 0. The highest BCUT2D eigenvalue weighted by atomic mass is 16.5. The SMILES string of the molecule is CC(C)c1cc(N2CC(CCOc3ccc(C#N)cc3)N=N2)c(O)cc1O. The summed E-state index contributed by atoms with van der Waals surface area (Å²) in [5.74, 6) is 0.888. The van der Waals surface area contributed by atoms with E-state index in [1.165, 1.54) is 6.07 Å². The predicted octanol–water partition coefficient (Wildman–Crippen LogP) is 4.12. The number of phenols is 2. The largest absolute Gasteiger partial charge is 0.508 e. The molecule has 2 aromatic rings. The molecule has 2 N–H and O–H groups in total. The molecule has 0 aromatic heterocycles. The molecule has 0 radical (unpaired) electrons. The highest BCUT2D eigenvalue weighted by molar-refractivity contribution is 5.63. The van der Waals surface area contributed by atoms with E-state index in [4.69, 9.17) is 10.00 Å². The van der Waals surface area contributed by atoms with Gasteiger partial charge in [-0.1, -0.05) is 19.1 Å². The minimum absolute atomic E-state index is 0.0228. The number of phenolic OH excluding ortho intramolecular Hbond substituents is 2. The van der Waals surface area contributed by atoms with Gasteiger partial charge in [-0.05, 0) is 41.8 Å². The number of aromatic hydroxyl groups is 2. The second-order valence-electron chi connectivity index (χ2n) is 6.77. The van der Waals surface area contributed by atoms with Crippen molar-refractivity contribution < 1.29 is 14.9 Å². The molecule has 0 bridgehead atoms. The first-order valence-electron chi connectivity index (χ1n) is 8.85. The van der Waals surface area contributed by atoms with Crippen LogP contribution in [0, 0.1) is 11.3 Å². The van der Waals surface area contributed by atoms with Gasteiger partial charge in [0.1, 0.15) is 22.9 Å². The first kappa shape index (κ1) is 18.5. The van der Waals surface area contributed by atoms with Crippen molar-refractivity contribution in [2.75, 3.05) is 18.2 Å². The third-order valence-corrected chi connectivity index (χ3v) is 4.43. The van der Waals surface area contributed by atoms with Crippen molar-refractivity contribution in [3.63, 3.8) is 0 Å². The number of nitrogens with zero attached hydrogens (tertiary/aromatic N) is 4. The number of anilines is 1. The van der Waals surface area contributed by atoms with Gasteiger partial charge in [-0.15, -0.1) is 0 Å². The third kappa shape index (κ3) is 4.29. The van der Waals surface area contributed by atoms with E-state index in [9.17, 15) is 10.2 Å². The van der Waals surface area contributed by atoms with E-state index >= 15 is 0 Å². The van der Waals surface area contributed by atoms with Gasteiger partial charge in [0.15, 0.2) is 0 Å². The van der Waals surface area contributed by atoms with Gasteiger partial charge in [0.05, 0.1) is 30.8 Å². The van der Waals surface area contributed by atoms with E-state index in [1.54, 1.807) is 35.3 Å². The molecular formula is C20H22N4O3. The van der Waals surface area contributed by atoms with Gasteiger partial charge in [-0.2, -0.15) is 10.4 Å². The molecular weight excluding hydrogens is 344 g/mol. The van der Waals surface area contributed by atoms with Gasteiger partial charge in [0, 0.05) is 12.5 Å². The molecule has 0 saturated heterocycles. The molecule has 3 rings (SSSR count). The van der Waals surface area contributed by atoms with Crippen LogP contribution in [-0.4, -0.2) is 29.4 Å². The first-order valence-corrected chi connectivity index (χ1v) is 8.85. The third-order valence-electron chi connectivity index (χ3n) is 4.43. The molecule has 1 aliphatic rings. The normalized spacial score (nSPS) is 15.9. The quantitative estimate of drug-likeness (QED) is 0.801. The Kier molecular flexibility index (Phi) is 5.46. The zero-order valence-electron chi connectivity index (χ0n) is 15.3. The molecule has 0 aliphatic carbocycles. The molecule has 0 fully saturated rings. The van der Waals surface area contributed by atoms with Gasteiger partial charge < -0.3 is 14.9 Å². The van der Waals surface area contributed by atoms with Crippen LogP contribution in [0.1, 0.15) is 37.3 Å². The fourth-order valence-electron chi connectivity index (χ4n) is 2.89. The second-order valence-corrected chi connectivity index (χ2v) is 6.77. The summed E-state index contributed by atoms with van der Waals surface area (Å²) in [7, 11) is 0. The summed E-state index contributed by atoms with van der Waals surface area (Å²) in [6.45, 7) is 4.96. The number of ether oxygens (including phenoxy) is 1. The van der Waals surface area contributed by atoms with Crippen LogP contribution in [0.5, 0.6) is 17.2 Å². The maximum Gasteiger partial charge on any atom is 0.144 e. The lowest BCUT2D eigenvalue weighted by atomic mass is 10.0. The van der Waals surface area contributed by atoms with Crippen LogP contribution in [0.15, 0.2) is 46.7 Å². The number of hydrogen-bond acceptors (Lipinski definition) is 7. The topological polar surface area (TPSA) is 101 Å². The number of benzene rings is 2. The van der Waals surface area contributed by atoms with Crippen molar-refractivity contribution in [3.8, 4) is 23.3 Å². The molecule has 140 valence electrons. The second kappa shape index (κ2) is 7.96. The van der Waals surface area contributed by atoms with Crippen molar-refractivity contribution in [3.05, 3.63) is 47.5 Å². The Morgan fingerprint density at radius 3 is 2.63 bits per heavy atom. The van der Waals surface area contributed by atoms with Crippen LogP contribution in [0.2, 0.25) is 0 Å². The van der Waals surface area contributed by atoms with Crippen molar-refractivity contribution in [1.82, 2.24) is 0 Å². The lowest BCUT2D eigenvalue weighted by Crippen LogP contribution is -2.22. The van der Waals surface area contributed by atoms with Crippen LogP contribution in [0.4, 0.5) is 5.69 Å². The van der Waals surface area contributed by atoms with Crippen LogP contribution >= 0.6 is 0 Å². The lowest BCUT2D eigenvalue weighted by Gasteiger charge is -2.18. The monoisotopic (exact) mass is 366 g/mol. The molecule has 1 atom stereocenters. The maximum atomic E-state index is 10.2. The molecule has 0 saturated carbocycles. The molecule has 7 nitrogen and oxygen atoms in total. The van der Waals surface area contributed by atoms with Crippen molar-refractivity contribution in [2.24, 2.45) is 10.3 Å². The number of hydrogen-bond donors (Lipinski definition) is 2. The maximum absolute atomic E-state index is 10.2. The van der Waals surface area contributed by atoms with Gasteiger partial charge in [-0.3, -0.25) is 0 Å². The standard InChI is InChI=1S/C20H22N4O3/c1-13(2)17-9-18(20(26)10-19(17)25)24-12-15(22-23-24)7-8-27-16-5-3-14(11-21)4-6-16/h3-6,9-10,13,15,25-26H,7-8,12H2,1-2H3. The van der Waals surface area contributed by atoms with Gasteiger partial charge >= 0.3 is 0 Å². The van der Waals surface area contributed by atoms with E-state index in [0.717, 1.165) is 5.56 Å². The minimum atomic E-state index is -0.0425. The molecule has 1 unspecified atom stereocenters. The van der Waals surface area contributed by atoms with E-state index < -0.39 is 0 Å². The number of rotatable bonds is 6. The summed E-state index contributed by atoms with van der Waals surface area (Å²) in [5, 5.41) is 39.0. The molecule has 7 heteroatoms. The predicted molar refractivity (Wildman–Crippen MR) is 101 cm³/mol. The Morgan fingerprint density at radius 1 is 1.22 bits per heavy atom. The Morgan fingerprint density at radius 2 is 1.96 bits per heavy atom. The molecule has 0 amide bonds. The van der Waals surface area contributed by atoms with Crippen molar-refractivity contribution >= 4 is 5.69 Å². The summed E-state index contributed by atoms with van der Waals surface area (Å²) in [5.41, 5.74) is 1.89. The van der Waals surface area contributed by atoms with Crippen molar-refractivity contribution in [1.29, 1.82) is 5.26 Å². The average Bonchev–Trinajstić information content (AvgIpc) is 3.10. The van der Waals surface area contributed by atoms with Gasteiger partial charge in [0.2, 0.25) is 0 Å². The van der Waals surface area contributed by atoms with Crippen LogP contribution in [0.3, 0.4) is 0 Å². The van der Waals surface area contributed by atoms with Crippen LogP contribution < -0.4 is 9.75 Å². The molecule has 1 aliphatic heterocycles. The van der Waals surface area contributed by atoms with E-state index in [2.05, 4.69) is 16.4 Å². The smallest absolute Gasteiger partial charge is 0.144 e. The Hall–Kier alpha value is -3.27. The summed E-state index contributed by atoms with van der Waals surface area (Å²) in [6, 6.07) is 12.1.